The zero-order valence-corrected chi connectivity index (χ0v) is 20.1. The molecule has 0 amide bonds. The second-order valence-corrected chi connectivity index (χ2v) is 11.4. The van der Waals surface area contributed by atoms with E-state index in [4.69, 9.17) is 9.47 Å². The number of ether oxygens (including phenoxy) is 2. The van der Waals surface area contributed by atoms with E-state index >= 15 is 0 Å². The van der Waals surface area contributed by atoms with Crippen molar-refractivity contribution in [1.29, 1.82) is 0 Å². The maximum absolute atomic E-state index is 13.3. The van der Waals surface area contributed by atoms with Crippen LogP contribution in [0.2, 0.25) is 0 Å². The Morgan fingerprint density at radius 3 is 2.58 bits per heavy atom. The molecule has 0 unspecified atom stereocenters. The van der Waals surface area contributed by atoms with Gasteiger partial charge in [0.05, 0.1) is 11.5 Å². The highest BCUT2D eigenvalue weighted by molar-refractivity contribution is 5.77. The molecule has 5 heteroatoms. The lowest BCUT2D eigenvalue weighted by Crippen LogP contribution is -2.58. The molecule has 5 nitrogen and oxygen atoms in total. The topological polar surface area (TPSA) is 45.3 Å². The first-order valence-corrected chi connectivity index (χ1v) is 13.1. The fraction of sp³-hybridized carbons (Fsp3) is 0.679. The van der Waals surface area contributed by atoms with Gasteiger partial charge >= 0.3 is 5.97 Å². The summed E-state index contributed by atoms with van der Waals surface area (Å²) in [4.78, 5) is 18.3. The second-order valence-electron chi connectivity index (χ2n) is 11.4. The van der Waals surface area contributed by atoms with Crippen LogP contribution in [-0.4, -0.2) is 72.3 Å². The molecule has 0 aromatic heterocycles. The van der Waals surface area contributed by atoms with Crippen LogP contribution in [0.15, 0.2) is 36.4 Å². The average molecular weight is 451 g/mol. The molecule has 6 rings (SSSR count). The Morgan fingerprint density at radius 1 is 1.03 bits per heavy atom. The third-order valence-electron chi connectivity index (χ3n) is 9.48. The molecule has 0 radical (unpaired) electrons. The normalized spacial score (nSPS) is 43.1. The van der Waals surface area contributed by atoms with Crippen molar-refractivity contribution in [2.75, 3.05) is 39.3 Å². The van der Waals surface area contributed by atoms with Gasteiger partial charge in [-0.2, -0.15) is 0 Å². The summed E-state index contributed by atoms with van der Waals surface area (Å²) in [6.07, 6.45) is 9.17. The van der Waals surface area contributed by atoms with Crippen molar-refractivity contribution in [3.8, 4) is 0 Å². The molecule has 178 valence electrons. The Bertz CT molecular complexity index is 911. The highest BCUT2D eigenvalue weighted by atomic mass is 16.7. The highest BCUT2D eigenvalue weighted by Crippen LogP contribution is 2.66. The van der Waals surface area contributed by atoms with Crippen molar-refractivity contribution in [3.63, 3.8) is 0 Å². The lowest BCUT2D eigenvalue weighted by molar-refractivity contribution is -0.168. The van der Waals surface area contributed by atoms with Gasteiger partial charge in [0.2, 0.25) is 0 Å². The number of fused-ring (bicyclic) bond motifs is 1. The van der Waals surface area contributed by atoms with Crippen molar-refractivity contribution in [3.05, 3.63) is 42.0 Å². The number of piperazine rings is 1. The third-order valence-corrected chi connectivity index (χ3v) is 9.48. The van der Waals surface area contributed by atoms with Crippen LogP contribution in [0, 0.1) is 23.7 Å². The molecule has 5 aliphatic rings. The maximum Gasteiger partial charge on any atom is 0.311 e. The van der Waals surface area contributed by atoms with Crippen molar-refractivity contribution in [1.82, 2.24) is 9.80 Å². The minimum absolute atomic E-state index is 0.0103. The second kappa shape index (κ2) is 8.21. The number of epoxide rings is 1. The average Bonchev–Trinajstić information content (AvgIpc) is 3.45. The number of rotatable bonds is 5. The minimum Gasteiger partial charge on any atom is -0.455 e. The van der Waals surface area contributed by atoms with Gasteiger partial charge in [-0.25, -0.2) is 0 Å². The molecule has 2 aliphatic carbocycles. The molecule has 2 saturated carbocycles. The lowest BCUT2D eigenvalue weighted by Gasteiger charge is -2.50. The molecular weight excluding hydrogens is 412 g/mol. The van der Waals surface area contributed by atoms with Crippen LogP contribution in [0.3, 0.4) is 0 Å². The quantitative estimate of drug-likeness (QED) is 0.504. The molecule has 3 heterocycles. The van der Waals surface area contributed by atoms with Gasteiger partial charge in [0, 0.05) is 51.1 Å². The van der Waals surface area contributed by atoms with Gasteiger partial charge in [0.25, 0.3) is 0 Å². The van der Waals surface area contributed by atoms with Crippen LogP contribution in [-0.2, 0) is 14.3 Å². The Hall–Kier alpha value is -1.69. The van der Waals surface area contributed by atoms with Gasteiger partial charge in [-0.15, -0.1) is 0 Å². The SMILES string of the molecule is C[C@@H]1CC[C@@H]2[C@H](CN3CCN(C/C=C/c4ccccc4)CC3)C(=O)O[C@@]23[C@@H]1CC[C@@]1(C)O[C@H]31. The lowest BCUT2D eigenvalue weighted by atomic mass is 9.55. The summed E-state index contributed by atoms with van der Waals surface area (Å²) in [7, 11) is 0. The predicted molar refractivity (Wildman–Crippen MR) is 129 cm³/mol. The van der Waals surface area contributed by atoms with Crippen LogP contribution in [0.4, 0.5) is 0 Å². The molecule has 1 spiro atoms. The van der Waals surface area contributed by atoms with Crippen molar-refractivity contribution >= 4 is 12.0 Å². The highest BCUT2D eigenvalue weighted by Gasteiger charge is 2.77. The van der Waals surface area contributed by atoms with Crippen molar-refractivity contribution < 1.29 is 14.3 Å². The number of nitrogens with zero attached hydrogens (tertiary/aromatic N) is 2. The van der Waals surface area contributed by atoms with E-state index in [0.29, 0.717) is 17.8 Å². The van der Waals surface area contributed by atoms with E-state index in [1.165, 1.54) is 12.0 Å². The van der Waals surface area contributed by atoms with Crippen molar-refractivity contribution in [2.24, 2.45) is 23.7 Å². The monoisotopic (exact) mass is 450 g/mol. The van der Waals surface area contributed by atoms with Crippen molar-refractivity contribution in [2.45, 2.75) is 56.8 Å². The van der Waals surface area contributed by atoms with Crippen LogP contribution in [0.25, 0.3) is 6.08 Å². The Kier molecular flexibility index (Phi) is 5.43. The van der Waals surface area contributed by atoms with E-state index in [0.717, 1.165) is 58.5 Å². The smallest absolute Gasteiger partial charge is 0.311 e. The molecule has 3 saturated heterocycles. The molecule has 1 aromatic carbocycles. The van der Waals surface area contributed by atoms with Gasteiger partial charge in [-0.1, -0.05) is 49.4 Å². The fourth-order valence-corrected chi connectivity index (χ4v) is 7.60. The first-order valence-electron chi connectivity index (χ1n) is 13.1. The van der Waals surface area contributed by atoms with Crippen LogP contribution in [0.1, 0.15) is 45.1 Å². The molecular formula is C28H38N2O3. The van der Waals surface area contributed by atoms with Gasteiger partial charge in [-0.3, -0.25) is 14.6 Å². The van der Waals surface area contributed by atoms with Crippen LogP contribution in [0.5, 0.6) is 0 Å². The maximum atomic E-state index is 13.3. The Morgan fingerprint density at radius 2 is 1.79 bits per heavy atom. The van der Waals surface area contributed by atoms with E-state index < -0.39 is 0 Å². The molecule has 7 atom stereocenters. The predicted octanol–water partition coefficient (Wildman–Crippen LogP) is 3.84. The van der Waals surface area contributed by atoms with Gasteiger partial charge < -0.3 is 9.47 Å². The molecule has 3 aliphatic heterocycles. The minimum atomic E-state index is -0.351. The van der Waals surface area contributed by atoms with E-state index in [1.54, 1.807) is 0 Å². The summed E-state index contributed by atoms with van der Waals surface area (Å²) >= 11 is 0. The summed E-state index contributed by atoms with van der Waals surface area (Å²) in [5.74, 6) is 1.47. The molecule has 5 fully saturated rings. The molecule has 33 heavy (non-hydrogen) atoms. The molecule has 1 aromatic rings. The summed E-state index contributed by atoms with van der Waals surface area (Å²) in [6.45, 7) is 10.6. The van der Waals surface area contributed by atoms with Crippen LogP contribution < -0.4 is 0 Å². The molecule has 0 N–H and O–H groups in total. The zero-order valence-electron chi connectivity index (χ0n) is 20.1. The number of esters is 1. The number of hydrogen-bond acceptors (Lipinski definition) is 5. The first-order chi connectivity index (χ1) is 16.0. The fourth-order valence-electron chi connectivity index (χ4n) is 7.60. The summed E-state index contributed by atoms with van der Waals surface area (Å²) in [6, 6.07) is 10.5. The van der Waals surface area contributed by atoms with E-state index in [9.17, 15) is 4.79 Å². The van der Waals surface area contributed by atoms with Crippen LogP contribution >= 0.6 is 0 Å². The number of carbonyl (C=O) groups is 1. The first kappa shape index (κ1) is 21.8. The van der Waals surface area contributed by atoms with Gasteiger partial charge in [-0.05, 0) is 44.1 Å². The molecule has 0 bridgehead atoms. The Balaban J connectivity index is 1.08. The summed E-state index contributed by atoms with van der Waals surface area (Å²) in [5, 5.41) is 0. The van der Waals surface area contributed by atoms with Gasteiger partial charge in [0.15, 0.2) is 0 Å². The standard InChI is InChI=1S/C28H38N2O3/c1-20-10-11-24-22(25(31)32-28(24)23(20)12-13-27(2)26(28)33-27)19-30-17-15-29(16-18-30)14-6-9-21-7-4-3-5-8-21/h3-9,20,22-24,26H,10-19H2,1-2H3/b9-6+/t20-,22+,23-,24-,26+,27-,28+/m1/s1. The summed E-state index contributed by atoms with van der Waals surface area (Å²) < 4.78 is 12.7. The number of benzene rings is 1. The zero-order chi connectivity index (χ0) is 22.6. The number of carbonyl (C=O) groups excluding carboxylic acids is 1. The number of hydrogen-bond donors (Lipinski definition) is 0. The summed E-state index contributed by atoms with van der Waals surface area (Å²) in [5.41, 5.74) is 0.847. The van der Waals surface area contributed by atoms with E-state index in [1.807, 2.05) is 0 Å². The Labute approximate surface area is 198 Å². The van der Waals surface area contributed by atoms with Gasteiger partial charge in [0.1, 0.15) is 11.7 Å². The van der Waals surface area contributed by atoms with E-state index in [-0.39, 0.29) is 29.2 Å². The third kappa shape index (κ3) is 3.67. The van der Waals surface area contributed by atoms with E-state index in [2.05, 4.69) is 66.1 Å². The largest absolute Gasteiger partial charge is 0.455 e.